The van der Waals surface area contributed by atoms with Crippen LogP contribution in [0.1, 0.15) is 43.4 Å². The monoisotopic (exact) mass is 424 g/mol. The number of carbonyl (C=O) groups is 2. The smallest absolute Gasteiger partial charge is 0.273 e. The molecule has 0 aliphatic carbocycles. The van der Waals surface area contributed by atoms with E-state index in [1.807, 2.05) is 33.9 Å². The maximum absolute atomic E-state index is 12.3. The maximum atomic E-state index is 12.3. The predicted molar refractivity (Wildman–Crippen MR) is 103 cm³/mol. The van der Waals surface area contributed by atoms with Crippen molar-refractivity contribution in [2.45, 2.75) is 47.2 Å². The Morgan fingerprint density at radius 2 is 1.96 bits per heavy atom. The van der Waals surface area contributed by atoms with E-state index in [-0.39, 0.29) is 23.9 Å². The first kappa shape index (κ1) is 20.2. The fourth-order valence-electron chi connectivity index (χ4n) is 2.26. The second kappa shape index (κ2) is 8.98. The highest BCUT2D eigenvalue weighted by atomic mass is 79.9. The molecule has 2 amide bonds. The predicted octanol–water partition coefficient (Wildman–Crippen LogP) is 2.59. The van der Waals surface area contributed by atoms with Crippen molar-refractivity contribution in [3.8, 4) is 0 Å². The molecule has 2 aromatic rings. The molecule has 2 aromatic heterocycles. The summed E-state index contributed by atoms with van der Waals surface area (Å²) in [4.78, 5) is 24.6. The number of nitrogens with zero attached hydrogens (tertiary/aromatic N) is 4. The highest BCUT2D eigenvalue weighted by Gasteiger charge is 2.18. The first-order valence-electron chi connectivity index (χ1n) is 8.65. The van der Waals surface area contributed by atoms with Crippen molar-refractivity contribution in [2.24, 2.45) is 5.92 Å². The van der Waals surface area contributed by atoms with Crippen LogP contribution in [-0.2, 0) is 17.9 Å². The number of amides is 2. The zero-order valence-electron chi connectivity index (χ0n) is 15.5. The molecule has 2 N–H and O–H groups in total. The van der Waals surface area contributed by atoms with Crippen LogP contribution in [-0.4, -0.2) is 37.9 Å². The molecule has 0 saturated heterocycles. The van der Waals surface area contributed by atoms with Gasteiger partial charge in [0.1, 0.15) is 0 Å². The van der Waals surface area contributed by atoms with Crippen LogP contribution in [0.5, 0.6) is 0 Å². The quantitative estimate of drug-likeness (QED) is 0.680. The van der Waals surface area contributed by atoms with Crippen molar-refractivity contribution in [1.29, 1.82) is 0 Å². The van der Waals surface area contributed by atoms with E-state index >= 15 is 0 Å². The zero-order chi connectivity index (χ0) is 19.3. The molecule has 0 aromatic carbocycles. The number of hydrogen-bond donors (Lipinski definition) is 2. The molecule has 26 heavy (non-hydrogen) atoms. The van der Waals surface area contributed by atoms with Crippen LogP contribution >= 0.6 is 15.9 Å². The molecule has 0 saturated carbocycles. The lowest BCUT2D eigenvalue weighted by molar-refractivity contribution is -0.116. The lowest BCUT2D eigenvalue weighted by atomic mass is 10.2. The molecule has 2 heterocycles. The first-order chi connectivity index (χ1) is 12.3. The molecular formula is C17H25BrN6O2. The standard InChI is InChI=1S/C17H25BrN6O2/c1-5-23-10-14(16(22-23)17(26)19-8-11(2)3)20-15(25)6-7-24-9-13(18)12(4)21-24/h9-11H,5-8H2,1-4H3,(H,19,26)(H,20,25). The minimum Gasteiger partial charge on any atom is -0.350 e. The van der Waals surface area contributed by atoms with Crippen molar-refractivity contribution in [3.63, 3.8) is 0 Å². The third kappa shape index (κ3) is 5.42. The highest BCUT2D eigenvalue weighted by molar-refractivity contribution is 9.10. The van der Waals surface area contributed by atoms with Gasteiger partial charge in [-0.2, -0.15) is 10.2 Å². The Labute approximate surface area is 161 Å². The summed E-state index contributed by atoms with van der Waals surface area (Å²) in [5, 5.41) is 14.2. The average Bonchev–Trinajstić information content (AvgIpc) is 3.14. The van der Waals surface area contributed by atoms with Gasteiger partial charge in [-0.15, -0.1) is 0 Å². The van der Waals surface area contributed by atoms with Crippen LogP contribution in [0.25, 0.3) is 0 Å². The minimum absolute atomic E-state index is 0.192. The molecule has 0 atom stereocenters. The summed E-state index contributed by atoms with van der Waals surface area (Å²) in [6.45, 7) is 9.47. The van der Waals surface area contributed by atoms with E-state index in [2.05, 4.69) is 36.8 Å². The third-order valence-electron chi connectivity index (χ3n) is 3.70. The van der Waals surface area contributed by atoms with E-state index < -0.39 is 0 Å². The lowest BCUT2D eigenvalue weighted by Crippen LogP contribution is -2.29. The van der Waals surface area contributed by atoms with Crippen molar-refractivity contribution in [2.75, 3.05) is 11.9 Å². The Morgan fingerprint density at radius 3 is 2.54 bits per heavy atom. The molecule has 2 rings (SSSR count). The van der Waals surface area contributed by atoms with Crippen LogP contribution in [0, 0.1) is 12.8 Å². The SMILES string of the molecule is CCn1cc(NC(=O)CCn2cc(Br)c(C)n2)c(C(=O)NCC(C)C)n1. The van der Waals surface area contributed by atoms with Crippen molar-refractivity contribution >= 4 is 33.4 Å². The number of hydrogen-bond acceptors (Lipinski definition) is 4. The largest absolute Gasteiger partial charge is 0.350 e. The number of carbonyl (C=O) groups excluding carboxylic acids is 2. The van der Waals surface area contributed by atoms with Gasteiger partial charge in [-0.25, -0.2) is 0 Å². The summed E-state index contributed by atoms with van der Waals surface area (Å²) in [6, 6.07) is 0. The Bertz CT molecular complexity index is 761. The number of nitrogens with one attached hydrogen (secondary N) is 2. The summed E-state index contributed by atoms with van der Waals surface area (Å²) in [5.74, 6) is -0.141. The Morgan fingerprint density at radius 1 is 1.23 bits per heavy atom. The lowest BCUT2D eigenvalue weighted by Gasteiger charge is -2.08. The van der Waals surface area contributed by atoms with Gasteiger partial charge in [0.2, 0.25) is 5.91 Å². The average molecular weight is 425 g/mol. The molecular weight excluding hydrogens is 400 g/mol. The van der Waals surface area contributed by atoms with E-state index in [0.29, 0.717) is 31.2 Å². The molecule has 0 bridgehead atoms. The van der Waals surface area contributed by atoms with Gasteiger partial charge in [0.15, 0.2) is 5.69 Å². The Balaban J connectivity index is 2.01. The molecule has 0 fully saturated rings. The fourth-order valence-corrected chi connectivity index (χ4v) is 2.58. The molecule has 0 unspecified atom stereocenters. The molecule has 0 spiro atoms. The molecule has 0 aliphatic rings. The maximum Gasteiger partial charge on any atom is 0.273 e. The normalized spacial score (nSPS) is 11.0. The van der Waals surface area contributed by atoms with Gasteiger partial charge in [-0.3, -0.25) is 19.0 Å². The van der Waals surface area contributed by atoms with Crippen molar-refractivity contribution < 1.29 is 9.59 Å². The number of rotatable bonds is 8. The minimum atomic E-state index is -0.284. The number of aromatic nitrogens is 4. The second-order valence-corrected chi connectivity index (χ2v) is 7.33. The molecule has 9 heteroatoms. The molecule has 142 valence electrons. The summed E-state index contributed by atoms with van der Waals surface area (Å²) in [6.07, 6.45) is 3.76. The number of anilines is 1. The topological polar surface area (TPSA) is 93.8 Å². The first-order valence-corrected chi connectivity index (χ1v) is 9.44. The molecule has 8 nitrogen and oxygen atoms in total. The number of aryl methyl sites for hydroxylation is 3. The van der Waals surface area contributed by atoms with Gasteiger partial charge < -0.3 is 10.6 Å². The summed E-state index contributed by atoms with van der Waals surface area (Å²) >= 11 is 3.40. The van der Waals surface area contributed by atoms with Gasteiger partial charge in [0.25, 0.3) is 5.91 Å². The van der Waals surface area contributed by atoms with Crippen LogP contribution in [0.4, 0.5) is 5.69 Å². The van der Waals surface area contributed by atoms with Crippen molar-refractivity contribution in [3.05, 3.63) is 28.3 Å². The van der Waals surface area contributed by atoms with E-state index in [0.717, 1.165) is 10.2 Å². The van der Waals surface area contributed by atoms with Gasteiger partial charge in [0, 0.05) is 38.4 Å². The summed E-state index contributed by atoms with van der Waals surface area (Å²) < 4.78 is 4.25. The van der Waals surface area contributed by atoms with E-state index in [9.17, 15) is 9.59 Å². The van der Waals surface area contributed by atoms with Crippen molar-refractivity contribution in [1.82, 2.24) is 24.9 Å². The van der Waals surface area contributed by atoms with Crippen LogP contribution in [0.15, 0.2) is 16.9 Å². The van der Waals surface area contributed by atoms with Crippen LogP contribution in [0.3, 0.4) is 0 Å². The van der Waals surface area contributed by atoms with Crippen LogP contribution in [0.2, 0.25) is 0 Å². The zero-order valence-corrected chi connectivity index (χ0v) is 17.1. The van der Waals surface area contributed by atoms with E-state index in [1.54, 1.807) is 15.6 Å². The summed E-state index contributed by atoms with van der Waals surface area (Å²) in [5.41, 5.74) is 1.54. The summed E-state index contributed by atoms with van der Waals surface area (Å²) in [7, 11) is 0. The van der Waals surface area contributed by atoms with Gasteiger partial charge in [0.05, 0.1) is 15.9 Å². The highest BCUT2D eigenvalue weighted by Crippen LogP contribution is 2.16. The van der Waals surface area contributed by atoms with Gasteiger partial charge in [-0.05, 0) is 35.7 Å². The molecule has 0 aliphatic heterocycles. The number of halogens is 1. The van der Waals surface area contributed by atoms with E-state index in [1.165, 1.54) is 0 Å². The van der Waals surface area contributed by atoms with E-state index in [4.69, 9.17) is 0 Å². The second-order valence-electron chi connectivity index (χ2n) is 6.47. The fraction of sp³-hybridized carbons (Fsp3) is 0.529. The Hall–Kier alpha value is -2.16. The molecule has 0 radical (unpaired) electrons. The van der Waals surface area contributed by atoms with Gasteiger partial charge >= 0.3 is 0 Å². The Kier molecular flexibility index (Phi) is 6.96. The van der Waals surface area contributed by atoms with Crippen LogP contribution < -0.4 is 10.6 Å². The van der Waals surface area contributed by atoms with Gasteiger partial charge in [-0.1, -0.05) is 13.8 Å². The third-order valence-corrected chi connectivity index (χ3v) is 4.48.